The van der Waals surface area contributed by atoms with Crippen LogP contribution in [0.4, 0.5) is 5.13 Å². The molecule has 1 rings (SSSR count). The monoisotopic (exact) mass is 269 g/mol. The molecule has 1 heterocycles. The lowest BCUT2D eigenvalue weighted by Crippen LogP contribution is -2.24. The van der Waals surface area contributed by atoms with Crippen molar-refractivity contribution < 1.29 is 0 Å². The van der Waals surface area contributed by atoms with Gasteiger partial charge >= 0.3 is 0 Å². The second-order valence-electron chi connectivity index (χ2n) is 4.71. The number of rotatable bonds is 9. The molecular formula is C14H27N3S. The van der Waals surface area contributed by atoms with E-state index in [0.29, 0.717) is 6.04 Å². The Bertz CT molecular complexity index is 321. The summed E-state index contributed by atoms with van der Waals surface area (Å²) in [4.78, 5) is 8.14. The van der Waals surface area contributed by atoms with Crippen molar-refractivity contribution in [2.75, 3.05) is 18.0 Å². The summed E-state index contributed by atoms with van der Waals surface area (Å²) >= 11 is 1.81. The van der Waals surface area contributed by atoms with Crippen LogP contribution in [0.25, 0.3) is 0 Å². The van der Waals surface area contributed by atoms with Gasteiger partial charge in [0.05, 0.1) is 0 Å². The average molecular weight is 269 g/mol. The Balaban J connectivity index is 2.39. The zero-order valence-corrected chi connectivity index (χ0v) is 13.0. The molecule has 0 aliphatic rings. The third-order valence-electron chi connectivity index (χ3n) is 3.19. The highest BCUT2D eigenvalue weighted by atomic mass is 32.1. The molecule has 18 heavy (non-hydrogen) atoms. The largest absolute Gasteiger partial charge is 0.349 e. The van der Waals surface area contributed by atoms with Gasteiger partial charge in [0.15, 0.2) is 5.13 Å². The van der Waals surface area contributed by atoms with Crippen LogP contribution in [0, 0.1) is 0 Å². The molecule has 0 spiro atoms. The second-order valence-corrected chi connectivity index (χ2v) is 5.80. The van der Waals surface area contributed by atoms with E-state index in [0.717, 1.165) is 24.8 Å². The van der Waals surface area contributed by atoms with Gasteiger partial charge in [-0.25, -0.2) is 4.98 Å². The standard InChI is InChI=1S/C14H27N3S/c1-5-8-9-12(4)15-10-13-11-16-14(18-13)17(6-2)7-3/h11-12,15H,5-10H2,1-4H3. The summed E-state index contributed by atoms with van der Waals surface area (Å²) in [7, 11) is 0. The van der Waals surface area contributed by atoms with Crippen LogP contribution in [0.3, 0.4) is 0 Å². The molecule has 0 bridgehead atoms. The normalized spacial score (nSPS) is 12.7. The number of unbranched alkanes of at least 4 members (excludes halogenated alkanes) is 1. The zero-order chi connectivity index (χ0) is 13.4. The summed E-state index contributed by atoms with van der Waals surface area (Å²) in [5, 5.41) is 4.72. The Kier molecular flexibility index (Phi) is 7.28. The fourth-order valence-corrected chi connectivity index (χ4v) is 2.89. The molecule has 0 fully saturated rings. The van der Waals surface area contributed by atoms with Crippen LogP contribution in [0.15, 0.2) is 6.20 Å². The fourth-order valence-electron chi connectivity index (χ4n) is 1.91. The third kappa shape index (κ3) is 4.94. The summed E-state index contributed by atoms with van der Waals surface area (Å²) in [6.07, 6.45) is 5.86. The van der Waals surface area contributed by atoms with Crippen LogP contribution >= 0.6 is 11.3 Å². The molecule has 0 aromatic carbocycles. The number of nitrogens with one attached hydrogen (secondary N) is 1. The summed E-state index contributed by atoms with van der Waals surface area (Å²) in [6, 6.07) is 0.601. The molecule has 1 N–H and O–H groups in total. The van der Waals surface area contributed by atoms with Gasteiger partial charge in [0, 0.05) is 36.8 Å². The first-order valence-corrected chi connectivity index (χ1v) is 7.95. The number of aromatic nitrogens is 1. The lowest BCUT2D eigenvalue weighted by molar-refractivity contribution is 0.497. The van der Waals surface area contributed by atoms with Crippen molar-refractivity contribution in [2.24, 2.45) is 0 Å². The van der Waals surface area contributed by atoms with Gasteiger partial charge in [-0.15, -0.1) is 11.3 Å². The number of anilines is 1. The van der Waals surface area contributed by atoms with Crippen LogP contribution in [-0.2, 0) is 6.54 Å². The molecule has 1 unspecified atom stereocenters. The van der Waals surface area contributed by atoms with Crippen molar-refractivity contribution >= 4 is 16.5 Å². The summed E-state index contributed by atoms with van der Waals surface area (Å²) in [6.45, 7) is 11.9. The van der Waals surface area contributed by atoms with E-state index in [4.69, 9.17) is 0 Å². The minimum absolute atomic E-state index is 0.601. The Labute approximate surface area is 116 Å². The smallest absolute Gasteiger partial charge is 0.185 e. The summed E-state index contributed by atoms with van der Waals surface area (Å²) in [5.74, 6) is 0. The quantitative estimate of drug-likeness (QED) is 0.741. The molecule has 1 atom stereocenters. The maximum atomic E-state index is 4.50. The maximum absolute atomic E-state index is 4.50. The van der Waals surface area contributed by atoms with E-state index in [2.05, 4.69) is 42.9 Å². The van der Waals surface area contributed by atoms with Gasteiger partial charge < -0.3 is 10.2 Å². The van der Waals surface area contributed by atoms with Gasteiger partial charge in [-0.1, -0.05) is 19.8 Å². The molecular weight excluding hydrogens is 242 g/mol. The first kappa shape index (κ1) is 15.4. The molecule has 0 aliphatic heterocycles. The summed E-state index contributed by atoms with van der Waals surface area (Å²) in [5.41, 5.74) is 0. The van der Waals surface area contributed by atoms with E-state index >= 15 is 0 Å². The van der Waals surface area contributed by atoms with Crippen molar-refractivity contribution in [3.8, 4) is 0 Å². The molecule has 0 saturated heterocycles. The zero-order valence-electron chi connectivity index (χ0n) is 12.2. The van der Waals surface area contributed by atoms with Crippen molar-refractivity contribution in [1.29, 1.82) is 0 Å². The predicted molar refractivity (Wildman–Crippen MR) is 81.5 cm³/mol. The lowest BCUT2D eigenvalue weighted by atomic mass is 10.1. The highest BCUT2D eigenvalue weighted by Gasteiger charge is 2.08. The van der Waals surface area contributed by atoms with E-state index < -0.39 is 0 Å². The minimum Gasteiger partial charge on any atom is -0.349 e. The summed E-state index contributed by atoms with van der Waals surface area (Å²) < 4.78 is 0. The molecule has 0 aliphatic carbocycles. The lowest BCUT2D eigenvalue weighted by Gasteiger charge is -2.16. The van der Waals surface area contributed by atoms with Gasteiger partial charge in [-0.3, -0.25) is 0 Å². The predicted octanol–water partition coefficient (Wildman–Crippen LogP) is 3.66. The second kappa shape index (κ2) is 8.48. The number of nitrogens with zero attached hydrogens (tertiary/aromatic N) is 2. The molecule has 3 nitrogen and oxygen atoms in total. The molecule has 104 valence electrons. The molecule has 0 radical (unpaired) electrons. The Morgan fingerprint density at radius 1 is 1.33 bits per heavy atom. The first-order chi connectivity index (χ1) is 8.71. The van der Waals surface area contributed by atoms with E-state index in [1.54, 1.807) is 0 Å². The van der Waals surface area contributed by atoms with Gasteiger partial charge in [-0.2, -0.15) is 0 Å². The topological polar surface area (TPSA) is 28.2 Å². The van der Waals surface area contributed by atoms with Crippen molar-refractivity contribution in [2.45, 2.75) is 59.5 Å². The fraction of sp³-hybridized carbons (Fsp3) is 0.786. The van der Waals surface area contributed by atoms with Crippen LogP contribution in [0.2, 0.25) is 0 Å². The molecule has 4 heteroatoms. The maximum Gasteiger partial charge on any atom is 0.185 e. The van der Waals surface area contributed by atoms with Crippen molar-refractivity contribution in [1.82, 2.24) is 10.3 Å². The molecule has 0 amide bonds. The van der Waals surface area contributed by atoms with E-state index in [1.807, 2.05) is 17.5 Å². The van der Waals surface area contributed by atoms with Gasteiger partial charge in [0.2, 0.25) is 0 Å². The van der Waals surface area contributed by atoms with Crippen LogP contribution in [0.1, 0.15) is 51.8 Å². The highest BCUT2D eigenvalue weighted by Crippen LogP contribution is 2.22. The van der Waals surface area contributed by atoms with Crippen LogP contribution < -0.4 is 10.2 Å². The molecule has 1 aromatic heterocycles. The van der Waals surface area contributed by atoms with Crippen molar-refractivity contribution in [3.63, 3.8) is 0 Å². The third-order valence-corrected chi connectivity index (χ3v) is 4.25. The van der Waals surface area contributed by atoms with Crippen LogP contribution in [0.5, 0.6) is 0 Å². The number of hydrogen-bond acceptors (Lipinski definition) is 4. The minimum atomic E-state index is 0.601. The Morgan fingerprint density at radius 2 is 2.06 bits per heavy atom. The van der Waals surface area contributed by atoms with Crippen molar-refractivity contribution in [3.05, 3.63) is 11.1 Å². The van der Waals surface area contributed by atoms with Gasteiger partial charge in [0.25, 0.3) is 0 Å². The Hall–Kier alpha value is -0.610. The van der Waals surface area contributed by atoms with Crippen LogP contribution in [-0.4, -0.2) is 24.1 Å². The molecule has 1 aromatic rings. The Morgan fingerprint density at radius 3 is 2.67 bits per heavy atom. The van der Waals surface area contributed by atoms with Gasteiger partial charge in [-0.05, 0) is 27.2 Å². The van der Waals surface area contributed by atoms with E-state index in [9.17, 15) is 0 Å². The first-order valence-electron chi connectivity index (χ1n) is 7.14. The SMILES string of the molecule is CCCCC(C)NCc1cnc(N(CC)CC)s1. The van der Waals surface area contributed by atoms with E-state index in [-0.39, 0.29) is 0 Å². The molecule has 0 saturated carbocycles. The van der Waals surface area contributed by atoms with E-state index in [1.165, 1.54) is 24.1 Å². The highest BCUT2D eigenvalue weighted by molar-refractivity contribution is 7.15. The van der Waals surface area contributed by atoms with Gasteiger partial charge in [0.1, 0.15) is 0 Å². The number of thiazole rings is 1. The number of hydrogen-bond donors (Lipinski definition) is 1. The average Bonchev–Trinajstić information content (AvgIpc) is 2.84.